The molecule has 0 radical (unpaired) electrons. The van der Waals surface area contributed by atoms with Crippen LogP contribution in [0.5, 0.6) is 0 Å². The molecule has 2 N–H and O–H groups in total. The van der Waals surface area contributed by atoms with Crippen LogP contribution in [0.1, 0.15) is 13.8 Å². The molecule has 90 valence electrons. The Balaban J connectivity index is 0. The summed E-state index contributed by atoms with van der Waals surface area (Å²) in [6.07, 6.45) is 3.55. The summed E-state index contributed by atoms with van der Waals surface area (Å²) in [7, 11) is 0. The van der Waals surface area contributed by atoms with Crippen molar-refractivity contribution in [1.29, 1.82) is 0 Å². The summed E-state index contributed by atoms with van der Waals surface area (Å²) in [6, 6.07) is 0. The van der Waals surface area contributed by atoms with E-state index in [9.17, 15) is 0 Å². The number of nitrogen functional groups attached to an aromatic ring is 1. The van der Waals surface area contributed by atoms with Gasteiger partial charge in [-0.3, -0.25) is 4.68 Å². The van der Waals surface area contributed by atoms with Crippen LogP contribution in [0.25, 0.3) is 0 Å². The van der Waals surface area contributed by atoms with Crippen LogP contribution in [-0.4, -0.2) is 34.3 Å². The average Bonchev–Trinajstić information content (AvgIpc) is 2.53. The number of rotatable bonds is 5. The minimum absolute atomic E-state index is 0. The molecule has 0 saturated heterocycles. The Kier molecular flexibility index (Phi) is 9.98. The molecule has 1 rings (SSSR count). The SMILES string of the molecule is CCN(CC)CCn1cc(N)cn1.Cl.Cl. The molecule has 0 amide bonds. The third-order valence-corrected chi connectivity index (χ3v) is 2.19. The third-order valence-electron chi connectivity index (χ3n) is 2.19. The fraction of sp³-hybridized carbons (Fsp3) is 0.667. The second-order valence-corrected chi connectivity index (χ2v) is 3.06. The lowest BCUT2D eigenvalue weighted by molar-refractivity contribution is 0.285. The molecule has 0 saturated carbocycles. The normalized spacial score (nSPS) is 9.53. The van der Waals surface area contributed by atoms with Gasteiger partial charge in [0, 0.05) is 12.7 Å². The molecule has 15 heavy (non-hydrogen) atoms. The summed E-state index contributed by atoms with van der Waals surface area (Å²) in [5.74, 6) is 0. The minimum Gasteiger partial charge on any atom is -0.396 e. The molecule has 0 fully saturated rings. The van der Waals surface area contributed by atoms with Crippen LogP contribution in [0.2, 0.25) is 0 Å². The first-order valence-corrected chi connectivity index (χ1v) is 4.76. The Hall–Kier alpha value is -0.450. The highest BCUT2D eigenvalue weighted by Gasteiger charge is 1.99. The second kappa shape index (κ2) is 8.83. The number of halogens is 2. The van der Waals surface area contributed by atoms with Gasteiger partial charge in [-0.15, -0.1) is 24.8 Å². The number of likely N-dealkylation sites (N-methyl/N-ethyl adjacent to an activating group) is 1. The molecule has 0 atom stereocenters. The van der Waals surface area contributed by atoms with Crippen molar-refractivity contribution >= 4 is 30.5 Å². The maximum absolute atomic E-state index is 5.55. The highest BCUT2D eigenvalue weighted by molar-refractivity contribution is 5.85. The van der Waals surface area contributed by atoms with Crippen molar-refractivity contribution in [2.24, 2.45) is 0 Å². The quantitative estimate of drug-likeness (QED) is 0.870. The van der Waals surface area contributed by atoms with Crippen LogP contribution in [0.15, 0.2) is 12.4 Å². The van der Waals surface area contributed by atoms with E-state index in [1.54, 1.807) is 6.20 Å². The van der Waals surface area contributed by atoms with E-state index >= 15 is 0 Å². The first-order chi connectivity index (χ1) is 6.26. The van der Waals surface area contributed by atoms with Gasteiger partial charge in [-0.05, 0) is 13.1 Å². The lowest BCUT2D eigenvalue weighted by Gasteiger charge is -2.17. The molecule has 1 aromatic rings. The number of aromatic nitrogens is 2. The summed E-state index contributed by atoms with van der Waals surface area (Å²) in [4.78, 5) is 2.36. The van der Waals surface area contributed by atoms with E-state index in [0.717, 1.165) is 31.9 Å². The highest BCUT2D eigenvalue weighted by Crippen LogP contribution is 1.98. The van der Waals surface area contributed by atoms with E-state index in [0.29, 0.717) is 0 Å². The maximum atomic E-state index is 5.55. The molecule has 6 heteroatoms. The van der Waals surface area contributed by atoms with E-state index < -0.39 is 0 Å². The molecule has 0 unspecified atom stereocenters. The van der Waals surface area contributed by atoms with E-state index in [2.05, 4.69) is 23.8 Å². The van der Waals surface area contributed by atoms with Crippen LogP contribution in [0, 0.1) is 0 Å². The predicted octanol–water partition coefficient (Wildman–Crippen LogP) is 1.65. The van der Waals surface area contributed by atoms with E-state index in [1.807, 2.05) is 10.9 Å². The fourth-order valence-corrected chi connectivity index (χ4v) is 1.29. The molecule has 0 aliphatic rings. The first-order valence-electron chi connectivity index (χ1n) is 4.76. The Morgan fingerprint density at radius 1 is 1.33 bits per heavy atom. The Labute approximate surface area is 104 Å². The molecular formula is C9H20Cl2N4. The minimum atomic E-state index is 0. The topological polar surface area (TPSA) is 47.1 Å². The van der Waals surface area contributed by atoms with Gasteiger partial charge >= 0.3 is 0 Å². The second-order valence-electron chi connectivity index (χ2n) is 3.06. The molecule has 1 heterocycles. The Bertz CT molecular complexity index is 248. The van der Waals surface area contributed by atoms with Crippen LogP contribution in [-0.2, 0) is 6.54 Å². The molecule has 4 nitrogen and oxygen atoms in total. The zero-order valence-electron chi connectivity index (χ0n) is 9.22. The predicted molar refractivity (Wildman–Crippen MR) is 68.9 cm³/mol. The Morgan fingerprint density at radius 2 is 1.93 bits per heavy atom. The van der Waals surface area contributed by atoms with Gasteiger partial charge in [0.1, 0.15) is 0 Å². The van der Waals surface area contributed by atoms with Crippen LogP contribution in [0.3, 0.4) is 0 Å². The first kappa shape index (κ1) is 17.0. The van der Waals surface area contributed by atoms with Gasteiger partial charge in [0.25, 0.3) is 0 Å². The highest BCUT2D eigenvalue weighted by atomic mass is 35.5. The molecule has 0 aliphatic heterocycles. The molecule has 0 bridgehead atoms. The molecular weight excluding hydrogens is 235 g/mol. The Morgan fingerprint density at radius 3 is 2.33 bits per heavy atom. The van der Waals surface area contributed by atoms with Crippen molar-refractivity contribution in [2.75, 3.05) is 25.4 Å². The lowest BCUT2D eigenvalue weighted by Crippen LogP contribution is -2.27. The van der Waals surface area contributed by atoms with Gasteiger partial charge in [0.2, 0.25) is 0 Å². The summed E-state index contributed by atoms with van der Waals surface area (Å²) in [5, 5.41) is 4.12. The monoisotopic (exact) mass is 254 g/mol. The van der Waals surface area contributed by atoms with Gasteiger partial charge in [0.05, 0.1) is 18.4 Å². The number of nitrogens with two attached hydrogens (primary N) is 1. The number of nitrogens with zero attached hydrogens (tertiary/aromatic N) is 3. The van der Waals surface area contributed by atoms with E-state index in [4.69, 9.17) is 5.73 Å². The largest absolute Gasteiger partial charge is 0.396 e. The van der Waals surface area contributed by atoms with Crippen molar-refractivity contribution in [3.63, 3.8) is 0 Å². The smallest absolute Gasteiger partial charge is 0.0719 e. The molecule has 0 aliphatic carbocycles. The van der Waals surface area contributed by atoms with Crippen molar-refractivity contribution in [2.45, 2.75) is 20.4 Å². The summed E-state index contributed by atoms with van der Waals surface area (Å²) in [5.41, 5.74) is 6.29. The number of anilines is 1. The number of hydrogen-bond donors (Lipinski definition) is 1. The van der Waals surface area contributed by atoms with Gasteiger partial charge in [-0.25, -0.2) is 0 Å². The molecule has 1 aromatic heterocycles. The van der Waals surface area contributed by atoms with Gasteiger partial charge in [0.15, 0.2) is 0 Å². The number of hydrogen-bond acceptors (Lipinski definition) is 3. The van der Waals surface area contributed by atoms with Gasteiger partial charge in [-0.2, -0.15) is 5.10 Å². The summed E-state index contributed by atoms with van der Waals surface area (Å²) >= 11 is 0. The third kappa shape index (κ3) is 5.87. The van der Waals surface area contributed by atoms with E-state index in [-0.39, 0.29) is 24.8 Å². The van der Waals surface area contributed by atoms with Crippen molar-refractivity contribution in [1.82, 2.24) is 14.7 Å². The molecule has 0 spiro atoms. The van der Waals surface area contributed by atoms with Crippen LogP contribution >= 0.6 is 24.8 Å². The van der Waals surface area contributed by atoms with Crippen molar-refractivity contribution < 1.29 is 0 Å². The molecule has 0 aromatic carbocycles. The summed E-state index contributed by atoms with van der Waals surface area (Å²) < 4.78 is 1.88. The maximum Gasteiger partial charge on any atom is 0.0719 e. The lowest BCUT2D eigenvalue weighted by atomic mass is 10.4. The summed E-state index contributed by atoms with van der Waals surface area (Å²) in [6.45, 7) is 8.47. The van der Waals surface area contributed by atoms with Crippen molar-refractivity contribution in [3.05, 3.63) is 12.4 Å². The van der Waals surface area contributed by atoms with Crippen molar-refractivity contribution in [3.8, 4) is 0 Å². The fourth-order valence-electron chi connectivity index (χ4n) is 1.29. The van der Waals surface area contributed by atoms with Gasteiger partial charge in [-0.1, -0.05) is 13.8 Å². The zero-order valence-corrected chi connectivity index (χ0v) is 10.9. The van der Waals surface area contributed by atoms with E-state index in [1.165, 1.54) is 0 Å². The van der Waals surface area contributed by atoms with Crippen LogP contribution < -0.4 is 5.73 Å². The average molecular weight is 255 g/mol. The zero-order chi connectivity index (χ0) is 9.68. The van der Waals surface area contributed by atoms with Gasteiger partial charge < -0.3 is 10.6 Å². The standard InChI is InChI=1S/C9H18N4.2ClH/c1-3-12(4-2)5-6-13-8-9(10)7-11-13;;/h7-8H,3-6,10H2,1-2H3;2*1H. The van der Waals surface area contributed by atoms with Crippen LogP contribution in [0.4, 0.5) is 5.69 Å².